The molecule has 0 unspecified atom stereocenters. The Balaban J connectivity index is 1.90. The number of nitrogens with two attached hydrogens (primary N) is 1. The molecule has 2 aromatic heterocycles. The average molecular weight is 365 g/mol. The van der Waals surface area contributed by atoms with Gasteiger partial charge in [0.15, 0.2) is 4.77 Å². The summed E-state index contributed by atoms with van der Waals surface area (Å²) in [5.74, 6) is 0. The highest BCUT2D eigenvalue weighted by Crippen LogP contribution is 2.30. The number of aromatic amines is 1. The SMILES string of the molecule is Nc1ccc(-c2cc(-c3cc4ccccc4nc3Cl)[nH]c(=S)n2)cc1. The number of fused-ring (bicyclic) bond motifs is 1. The quantitative estimate of drug-likeness (QED) is 0.289. The Labute approximate surface area is 154 Å². The minimum atomic E-state index is 0.383. The number of halogens is 1. The van der Waals surface area contributed by atoms with Crippen LogP contribution in [-0.2, 0) is 0 Å². The molecule has 0 aliphatic carbocycles. The third-order valence-corrected chi connectivity index (χ3v) is 4.40. The topological polar surface area (TPSA) is 67.6 Å². The molecule has 4 nitrogen and oxygen atoms in total. The molecule has 25 heavy (non-hydrogen) atoms. The van der Waals surface area contributed by atoms with Crippen LogP contribution in [0.25, 0.3) is 33.4 Å². The first-order valence-electron chi connectivity index (χ1n) is 7.63. The number of nitrogens with zero attached hydrogens (tertiary/aromatic N) is 2. The standard InChI is InChI=1S/C19H13ClN4S/c20-18-14(9-12-3-1-2-4-15(12)22-18)17-10-16(23-19(25)24-17)11-5-7-13(21)8-6-11/h1-10H,21H2,(H,23,24,25). The van der Waals surface area contributed by atoms with Gasteiger partial charge in [-0.3, -0.25) is 0 Å². The van der Waals surface area contributed by atoms with Gasteiger partial charge >= 0.3 is 0 Å². The van der Waals surface area contributed by atoms with Gasteiger partial charge in [-0.05, 0) is 42.5 Å². The molecule has 0 radical (unpaired) electrons. The summed E-state index contributed by atoms with van der Waals surface area (Å²) in [6, 6.07) is 19.2. The Morgan fingerprint density at radius 1 is 0.960 bits per heavy atom. The highest BCUT2D eigenvalue weighted by atomic mass is 35.5. The first-order valence-corrected chi connectivity index (χ1v) is 8.42. The Morgan fingerprint density at radius 3 is 2.52 bits per heavy atom. The summed E-state index contributed by atoms with van der Waals surface area (Å²) in [4.78, 5) is 12.0. The lowest BCUT2D eigenvalue weighted by Gasteiger charge is -2.09. The van der Waals surface area contributed by atoms with E-state index in [2.05, 4.69) is 15.0 Å². The van der Waals surface area contributed by atoms with E-state index < -0.39 is 0 Å². The summed E-state index contributed by atoms with van der Waals surface area (Å²) in [7, 11) is 0. The van der Waals surface area contributed by atoms with Gasteiger partial charge in [-0.25, -0.2) is 9.97 Å². The number of nitrogen functional groups attached to an aromatic ring is 1. The Hall–Kier alpha value is -2.76. The zero-order valence-electron chi connectivity index (χ0n) is 13.0. The van der Waals surface area contributed by atoms with Crippen LogP contribution in [0, 0.1) is 4.77 Å². The summed E-state index contributed by atoms with van der Waals surface area (Å²) < 4.78 is 0.383. The lowest BCUT2D eigenvalue weighted by Crippen LogP contribution is -1.94. The number of para-hydroxylation sites is 1. The number of hydrogen-bond donors (Lipinski definition) is 2. The van der Waals surface area contributed by atoms with E-state index in [1.165, 1.54) is 0 Å². The van der Waals surface area contributed by atoms with Gasteiger partial charge in [-0.2, -0.15) is 0 Å². The van der Waals surface area contributed by atoms with Crippen LogP contribution in [0.1, 0.15) is 0 Å². The van der Waals surface area contributed by atoms with Crippen LogP contribution < -0.4 is 5.73 Å². The van der Waals surface area contributed by atoms with E-state index in [4.69, 9.17) is 29.6 Å². The van der Waals surface area contributed by atoms with Crippen molar-refractivity contribution in [1.29, 1.82) is 0 Å². The summed E-state index contributed by atoms with van der Waals surface area (Å²) in [5, 5.41) is 1.42. The largest absolute Gasteiger partial charge is 0.399 e. The molecule has 0 saturated carbocycles. The van der Waals surface area contributed by atoms with E-state index in [0.29, 0.717) is 15.6 Å². The van der Waals surface area contributed by atoms with Gasteiger partial charge < -0.3 is 10.7 Å². The number of pyridine rings is 1. The van der Waals surface area contributed by atoms with Crippen molar-refractivity contribution < 1.29 is 0 Å². The number of anilines is 1. The molecule has 0 saturated heterocycles. The molecule has 2 heterocycles. The molecule has 0 bridgehead atoms. The smallest absolute Gasteiger partial charge is 0.197 e. The molecule has 3 N–H and O–H groups in total. The van der Waals surface area contributed by atoms with Gasteiger partial charge in [0.25, 0.3) is 0 Å². The number of H-pyrrole nitrogens is 1. The number of rotatable bonds is 2. The molecule has 0 spiro atoms. The predicted molar refractivity (Wildman–Crippen MR) is 105 cm³/mol. The van der Waals surface area contributed by atoms with Crippen LogP contribution >= 0.6 is 23.8 Å². The zero-order valence-corrected chi connectivity index (χ0v) is 14.6. The van der Waals surface area contributed by atoms with Crippen LogP contribution in [0.3, 0.4) is 0 Å². The zero-order chi connectivity index (χ0) is 17.4. The van der Waals surface area contributed by atoms with E-state index in [1.54, 1.807) is 0 Å². The fourth-order valence-corrected chi connectivity index (χ4v) is 3.14. The van der Waals surface area contributed by atoms with Crippen LogP contribution in [0.4, 0.5) is 5.69 Å². The highest BCUT2D eigenvalue weighted by Gasteiger charge is 2.10. The molecular formula is C19H13ClN4S. The first-order chi connectivity index (χ1) is 12.1. The molecule has 0 amide bonds. The molecule has 6 heteroatoms. The number of aromatic nitrogens is 3. The van der Waals surface area contributed by atoms with E-state index in [-0.39, 0.29) is 0 Å². The molecule has 0 atom stereocenters. The molecular weight excluding hydrogens is 352 g/mol. The van der Waals surface area contributed by atoms with Crippen molar-refractivity contribution in [3.63, 3.8) is 0 Å². The number of benzene rings is 2. The van der Waals surface area contributed by atoms with Crippen molar-refractivity contribution in [3.05, 3.63) is 70.6 Å². The lowest BCUT2D eigenvalue weighted by atomic mass is 10.1. The van der Waals surface area contributed by atoms with E-state index in [1.807, 2.05) is 60.7 Å². The Bertz CT molecular complexity index is 1140. The normalized spacial score (nSPS) is 10.9. The monoisotopic (exact) mass is 364 g/mol. The van der Waals surface area contributed by atoms with Crippen molar-refractivity contribution in [2.75, 3.05) is 5.73 Å². The molecule has 4 aromatic rings. The summed E-state index contributed by atoms with van der Waals surface area (Å²) >= 11 is 11.7. The molecule has 4 rings (SSSR count). The minimum absolute atomic E-state index is 0.383. The predicted octanol–water partition coefficient (Wildman–Crippen LogP) is 5.26. The van der Waals surface area contributed by atoms with Gasteiger partial charge in [0.2, 0.25) is 0 Å². The van der Waals surface area contributed by atoms with Crippen LogP contribution in [0.5, 0.6) is 0 Å². The third kappa shape index (κ3) is 3.12. The van der Waals surface area contributed by atoms with Crippen molar-refractivity contribution in [2.45, 2.75) is 0 Å². The second-order valence-electron chi connectivity index (χ2n) is 5.63. The summed E-state index contributed by atoms with van der Waals surface area (Å²) in [6.07, 6.45) is 0. The molecule has 122 valence electrons. The summed E-state index contributed by atoms with van der Waals surface area (Å²) in [5.41, 5.74) is 10.5. The second kappa shape index (κ2) is 6.27. The van der Waals surface area contributed by atoms with Gasteiger partial charge in [0.1, 0.15) is 5.15 Å². The average Bonchev–Trinajstić information content (AvgIpc) is 2.61. The van der Waals surface area contributed by atoms with E-state index >= 15 is 0 Å². The summed E-state index contributed by atoms with van der Waals surface area (Å²) in [6.45, 7) is 0. The second-order valence-corrected chi connectivity index (χ2v) is 6.37. The van der Waals surface area contributed by atoms with Crippen molar-refractivity contribution >= 4 is 40.4 Å². The minimum Gasteiger partial charge on any atom is -0.399 e. The Morgan fingerprint density at radius 2 is 1.72 bits per heavy atom. The fourth-order valence-electron chi connectivity index (χ4n) is 2.69. The van der Waals surface area contributed by atoms with Gasteiger partial charge in [-0.1, -0.05) is 41.9 Å². The molecule has 0 fully saturated rings. The number of nitrogens with one attached hydrogen (secondary N) is 1. The van der Waals surface area contributed by atoms with Crippen molar-refractivity contribution in [3.8, 4) is 22.5 Å². The maximum Gasteiger partial charge on any atom is 0.197 e. The Kier molecular flexibility index (Phi) is 3.95. The van der Waals surface area contributed by atoms with Gasteiger partial charge in [-0.15, -0.1) is 0 Å². The molecule has 0 aliphatic heterocycles. The van der Waals surface area contributed by atoms with Crippen molar-refractivity contribution in [2.24, 2.45) is 0 Å². The lowest BCUT2D eigenvalue weighted by molar-refractivity contribution is 1.14. The number of hydrogen-bond acceptors (Lipinski definition) is 4. The fraction of sp³-hybridized carbons (Fsp3) is 0. The van der Waals surface area contributed by atoms with Gasteiger partial charge in [0, 0.05) is 22.2 Å². The molecule has 2 aromatic carbocycles. The van der Waals surface area contributed by atoms with E-state index in [0.717, 1.165) is 33.4 Å². The van der Waals surface area contributed by atoms with Crippen LogP contribution in [0.2, 0.25) is 5.15 Å². The molecule has 0 aliphatic rings. The van der Waals surface area contributed by atoms with Gasteiger partial charge in [0.05, 0.1) is 16.9 Å². The first kappa shape index (κ1) is 15.7. The highest BCUT2D eigenvalue weighted by molar-refractivity contribution is 7.71. The van der Waals surface area contributed by atoms with Crippen LogP contribution in [0.15, 0.2) is 60.7 Å². The maximum atomic E-state index is 6.41. The third-order valence-electron chi connectivity index (χ3n) is 3.92. The van der Waals surface area contributed by atoms with Crippen LogP contribution in [-0.4, -0.2) is 15.0 Å². The van der Waals surface area contributed by atoms with E-state index in [9.17, 15) is 0 Å². The van der Waals surface area contributed by atoms with Crippen molar-refractivity contribution in [1.82, 2.24) is 15.0 Å². The maximum absolute atomic E-state index is 6.41.